The molecule has 0 aromatic carbocycles. The van der Waals surface area contributed by atoms with Crippen LogP contribution in [0.2, 0.25) is 0 Å². The van der Waals surface area contributed by atoms with E-state index in [-0.39, 0.29) is 5.95 Å². The van der Waals surface area contributed by atoms with Gasteiger partial charge in [-0.1, -0.05) is 0 Å². The van der Waals surface area contributed by atoms with E-state index < -0.39 is 0 Å². The van der Waals surface area contributed by atoms with Crippen molar-refractivity contribution < 1.29 is 0 Å². The third-order valence-electron chi connectivity index (χ3n) is 2.20. The molecule has 0 radical (unpaired) electrons. The van der Waals surface area contributed by atoms with Crippen molar-refractivity contribution in [3.8, 4) is 17.3 Å². The Morgan fingerprint density at radius 1 is 1.00 bits per heavy atom. The molecule has 0 unspecified atom stereocenters. The average Bonchev–Trinajstić information content (AvgIpc) is 2.93. The summed E-state index contributed by atoms with van der Waals surface area (Å²) in [5.74, 6) is 0.921. The number of nitrogen functional groups attached to an aromatic ring is 1. The Hall–Kier alpha value is -2.90. The van der Waals surface area contributed by atoms with Crippen molar-refractivity contribution in [1.82, 2.24) is 34.7 Å². The van der Waals surface area contributed by atoms with Gasteiger partial charge in [-0.25, -0.2) is 4.98 Å². The van der Waals surface area contributed by atoms with Crippen LogP contribution in [0.5, 0.6) is 0 Å². The standard InChI is InChI=1S/C10H8N8/c11-9-15-8(7-1-3-12-4-2-7)16-10(17-9)18-6-13-5-14-18/h1-6H,(H2,11,15,16,17). The Morgan fingerprint density at radius 3 is 2.56 bits per heavy atom. The maximum absolute atomic E-state index is 5.66. The molecule has 0 saturated heterocycles. The molecule has 0 saturated carbocycles. The van der Waals surface area contributed by atoms with Gasteiger partial charge in [0.05, 0.1) is 0 Å². The quantitative estimate of drug-likeness (QED) is 0.676. The fraction of sp³-hybridized carbons (Fsp3) is 0. The van der Waals surface area contributed by atoms with Gasteiger partial charge in [0.2, 0.25) is 5.95 Å². The van der Waals surface area contributed by atoms with Gasteiger partial charge in [0.25, 0.3) is 5.95 Å². The Bertz CT molecular complexity index is 649. The summed E-state index contributed by atoms with van der Waals surface area (Å²) in [5, 5.41) is 3.95. The maximum Gasteiger partial charge on any atom is 0.257 e. The molecule has 0 aliphatic rings. The van der Waals surface area contributed by atoms with Crippen LogP contribution in [0.1, 0.15) is 0 Å². The minimum absolute atomic E-state index is 0.127. The molecule has 88 valence electrons. The Kier molecular flexibility index (Phi) is 2.38. The predicted octanol–water partition coefficient (Wildman–Crippen LogP) is 0.0965. The third kappa shape index (κ3) is 1.86. The molecular weight excluding hydrogens is 232 g/mol. The first-order valence-electron chi connectivity index (χ1n) is 5.10. The van der Waals surface area contributed by atoms with Crippen molar-refractivity contribution in [2.45, 2.75) is 0 Å². The maximum atomic E-state index is 5.66. The molecule has 18 heavy (non-hydrogen) atoms. The highest BCUT2D eigenvalue weighted by Crippen LogP contribution is 2.14. The van der Waals surface area contributed by atoms with Gasteiger partial charge in [0.15, 0.2) is 5.82 Å². The number of nitrogens with zero attached hydrogens (tertiary/aromatic N) is 7. The highest BCUT2D eigenvalue weighted by Gasteiger charge is 2.08. The fourth-order valence-electron chi connectivity index (χ4n) is 1.42. The van der Waals surface area contributed by atoms with Crippen LogP contribution in [0.15, 0.2) is 37.2 Å². The summed E-state index contributed by atoms with van der Waals surface area (Å²) in [6.07, 6.45) is 6.20. The number of aromatic nitrogens is 7. The van der Waals surface area contributed by atoms with E-state index in [9.17, 15) is 0 Å². The van der Waals surface area contributed by atoms with Crippen LogP contribution in [0, 0.1) is 0 Å². The van der Waals surface area contributed by atoms with Gasteiger partial charge in [-0.2, -0.15) is 24.7 Å². The zero-order valence-corrected chi connectivity index (χ0v) is 9.17. The molecule has 0 aliphatic carbocycles. The van der Waals surface area contributed by atoms with Crippen molar-refractivity contribution >= 4 is 5.95 Å². The highest BCUT2D eigenvalue weighted by atomic mass is 15.4. The molecule has 0 amide bonds. The van der Waals surface area contributed by atoms with Crippen LogP contribution in [0.3, 0.4) is 0 Å². The molecular formula is C10H8N8. The lowest BCUT2D eigenvalue weighted by Gasteiger charge is -2.03. The van der Waals surface area contributed by atoms with E-state index in [1.807, 2.05) is 0 Å². The molecule has 0 fully saturated rings. The molecule has 0 aliphatic heterocycles. The monoisotopic (exact) mass is 240 g/mol. The molecule has 2 N–H and O–H groups in total. The van der Waals surface area contributed by atoms with E-state index in [0.29, 0.717) is 11.8 Å². The second-order valence-electron chi connectivity index (χ2n) is 3.39. The summed E-state index contributed by atoms with van der Waals surface area (Å²) >= 11 is 0. The first-order valence-corrected chi connectivity index (χ1v) is 5.10. The molecule has 3 rings (SSSR count). The molecule has 0 atom stereocenters. The lowest BCUT2D eigenvalue weighted by molar-refractivity contribution is 0.800. The molecule has 0 bridgehead atoms. The van der Waals surface area contributed by atoms with E-state index in [2.05, 4.69) is 30.0 Å². The van der Waals surface area contributed by atoms with Crippen LogP contribution >= 0.6 is 0 Å². The summed E-state index contributed by atoms with van der Waals surface area (Å²) < 4.78 is 1.42. The fourth-order valence-corrected chi connectivity index (χ4v) is 1.42. The van der Waals surface area contributed by atoms with Crippen LogP contribution in [-0.2, 0) is 0 Å². The summed E-state index contributed by atoms with van der Waals surface area (Å²) in [6.45, 7) is 0. The number of hydrogen-bond acceptors (Lipinski definition) is 7. The number of pyridine rings is 1. The van der Waals surface area contributed by atoms with Gasteiger partial charge in [0, 0.05) is 18.0 Å². The van der Waals surface area contributed by atoms with Crippen LogP contribution in [0.25, 0.3) is 17.3 Å². The van der Waals surface area contributed by atoms with Gasteiger partial charge in [0.1, 0.15) is 12.7 Å². The van der Waals surface area contributed by atoms with Crippen LogP contribution in [0.4, 0.5) is 5.95 Å². The van der Waals surface area contributed by atoms with Crippen LogP contribution in [-0.4, -0.2) is 34.7 Å². The van der Waals surface area contributed by atoms with E-state index in [0.717, 1.165) is 5.56 Å². The topological polar surface area (TPSA) is 108 Å². The van der Waals surface area contributed by atoms with Crippen molar-refractivity contribution in [2.75, 3.05) is 5.73 Å². The summed E-state index contributed by atoms with van der Waals surface area (Å²) in [5.41, 5.74) is 6.47. The molecule has 0 spiro atoms. The van der Waals surface area contributed by atoms with E-state index in [1.165, 1.54) is 17.3 Å². The van der Waals surface area contributed by atoms with Crippen molar-refractivity contribution in [3.05, 3.63) is 37.2 Å². The van der Waals surface area contributed by atoms with Crippen molar-refractivity contribution in [2.24, 2.45) is 0 Å². The van der Waals surface area contributed by atoms with Crippen LogP contribution < -0.4 is 5.73 Å². The lowest BCUT2D eigenvalue weighted by Crippen LogP contribution is -2.08. The Labute approximate surface area is 102 Å². The van der Waals surface area contributed by atoms with Gasteiger partial charge < -0.3 is 5.73 Å². The third-order valence-corrected chi connectivity index (χ3v) is 2.20. The summed E-state index contributed by atoms with van der Waals surface area (Å²) in [4.78, 5) is 20.1. The van der Waals surface area contributed by atoms with Crippen molar-refractivity contribution in [1.29, 1.82) is 0 Å². The normalized spacial score (nSPS) is 10.4. The first kappa shape index (κ1) is 10.3. The lowest BCUT2D eigenvalue weighted by atomic mass is 10.2. The molecule has 8 nitrogen and oxygen atoms in total. The second kappa shape index (κ2) is 4.17. The van der Waals surface area contributed by atoms with Gasteiger partial charge in [-0.15, -0.1) is 0 Å². The largest absolute Gasteiger partial charge is 0.368 e. The zero-order chi connectivity index (χ0) is 12.4. The smallest absolute Gasteiger partial charge is 0.257 e. The van der Waals surface area contributed by atoms with E-state index >= 15 is 0 Å². The number of nitrogens with two attached hydrogens (primary N) is 1. The summed E-state index contributed by atoms with van der Waals surface area (Å²) in [7, 11) is 0. The minimum Gasteiger partial charge on any atom is -0.368 e. The van der Waals surface area contributed by atoms with E-state index in [4.69, 9.17) is 5.73 Å². The number of hydrogen-bond donors (Lipinski definition) is 1. The first-order chi connectivity index (χ1) is 8.83. The van der Waals surface area contributed by atoms with Gasteiger partial charge in [-0.3, -0.25) is 4.98 Å². The zero-order valence-electron chi connectivity index (χ0n) is 9.17. The SMILES string of the molecule is Nc1nc(-c2ccncc2)nc(-n2cncn2)n1. The van der Waals surface area contributed by atoms with Gasteiger partial charge >= 0.3 is 0 Å². The number of rotatable bonds is 2. The predicted molar refractivity (Wildman–Crippen MR) is 62.4 cm³/mol. The Balaban J connectivity index is 2.12. The molecule has 3 aromatic rings. The van der Waals surface area contributed by atoms with Crippen molar-refractivity contribution in [3.63, 3.8) is 0 Å². The molecule has 3 heterocycles. The Morgan fingerprint density at radius 2 is 1.83 bits per heavy atom. The summed E-state index contributed by atoms with van der Waals surface area (Å²) in [6, 6.07) is 3.58. The average molecular weight is 240 g/mol. The second-order valence-corrected chi connectivity index (χ2v) is 3.39. The minimum atomic E-state index is 0.127. The molecule has 8 heteroatoms. The highest BCUT2D eigenvalue weighted by molar-refractivity contribution is 5.55. The molecule has 3 aromatic heterocycles. The van der Waals surface area contributed by atoms with E-state index in [1.54, 1.807) is 24.5 Å². The number of anilines is 1. The van der Waals surface area contributed by atoms with Gasteiger partial charge in [-0.05, 0) is 12.1 Å².